The highest BCUT2D eigenvalue weighted by molar-refractivity contribution is 5.32. The molecular formula is C11H14N2O4. The third kappa shape index (κ3) is 3.51. The quantitative estimate of drug-likeness (QED) is 0.582. The van der Waals surface area contributed by atoms with E-state index in [0.29, 0.717) is 12.8 Å². The second-order valence-corrected chi connectivity index (χ2v) is 4.49. The molecular weight excluding hydrogens is 224 g/mol. The minimum atomic E-state index is -0.970. The highest BCUT2D eigenvalue weighted by atomic mass is 16.6. The lowest BCUT2D eigenvalue weighted by molar-refractivity contribution is -0.561. The van der Waals surface area contributed by atoms with Gasteiger partial charge in [-0.05, 0) is 12.0 Å². The minimum Gasteiger partial charge on any atom is -0.264 e. The Kier molecular flexibility index (Phi) is 3.77. The SMILES string of the molecule is CC(C)(CCc1ccc([N+](=O)[O-])cc1)[N+](=O)[O-]. The number of nitro groups is 2. The summed E-state index contributed by atoms with van der Waals surface area (Å²) in [4.78, 5) is 20.4. The molecule has 0 heterocycles. The van der Waals surface area contributed by atoms with Gasteiger partial charge in [0.2, 0.25) is 5.54 Å². The minimum absolute atomic E-state index is 0.0299. The molecule has 92 valence electrons. The summed E-state index contributed by atoms with van der Waals surface area (Å²) in [5.41, 5.74) is -0.0743. The summed E-state index contributed by atoms with van der Waals surface area (Å²) in [7, 11) is 0. The molecule has 6 heteroatoms. The van der Waals surface area contributed by atoms with Gasteiger partial charge in [-0.1, -0.05) is 12.1 Å². The van der Waals surface area contributed by atoms with Crippen molar-refractivity contribution < 1.29 is 9.85 Å². The van der Waals surface area contributed by atoms with Gasteiger partial charge in [0, 0.05) is 37.3 Å². The maximum absolute atomic E-state index is 10.7. The number of non-ortho nitro benzene ring substituents is 1. The Morgan fingerprint density at radius 3 is 2.06 bits per heavy atom. The lowest BCUT2D eigenvalue weighted by Crippen LogP contribution is -2.31. The molecule has 0 saturated carbocycles. The smallest absolute Gasteiger partial charge is 0.264 e. The molecule has 1 aromatic rings. The zero-order valence-corrected chi connectivity index (χ0v) is 9.75. The van der Waals surface area contributed by atoms with E-state index in [9.17, 15) is 20.2 Å². The van der Waals surface area contributed by atoms with E-state index < -0.39 is 10.5 Å². The summed E-state index contributed by atoms with van der Waals surface area (Å²) in [6, 6.07) is 6.09. The van der Waals surface area contributed by atoms with Crippen LogP contribution >= 0.6 is 0 Å². The van der Waals surface area contributed by atoms with Crippen molar-refractivity contribution in [3.63, 3.8) is 0 Å². The van der Waals surface area contributed by atoms with E-state index in [1.807, 2.05) is 0 Å². The molecule has 0 aromatic heterocycles. The van der Waals surface area contributed by atoms with Crippen LogP contribution in [0.25, 0.3) is 0 Å². The second-order valence-electron chi connectivity index (χ2n) is 4.49. The van der Waals surface area contributed by atoms with Crippen LogP contribution in [0.3, 0.4) is 0 Å². The predicted molar refractivity (Wildman–Crippen MR) is 62.5 cm³/mol. The largest absolute Gasteiger partial charge is 0.269 e. The summed E-state index contributed by atoms with van der Waals surface area (Å²) in [5.74, 6) is 0. The monoisotopic (exact) mass is 238 g/mol. The first kappa shape index (κ1) is 13.1. The van der Waals surface area contributed by atoms with Crippen molar-refractivity contribution in [3.05, 3.63) is 50.1 Å². The van der Waals surface area contributed by atoms with E-state index in [1.165, 1.54) is 12.1 Å². The van der Waals surface area contributed by atoms with Gasteiger partial charge in [0.05, 0.1) is 4.92 Å². The average Bonchev–Trinajstić information content (AvgIpc) is 2.27. The van der Waals surface area contributed by atoms with Gasteiger partial charge in [0.25, 0.3) is 5.69 Å². The maximum atomic E-state index is 10.7. The van der Waals surface area contributed by atoms with Gasteiger partial charge >= 0.3 is 0 Å². The van der Waals surface area contributed by atoms with Crippen LogP contribution in [-0.4, -0.2) is 15.4 Å². The summed E-state index contributed by atoms with van der Waals surface area (Å²) in [6.45, 7) is 3.14. The zero-order chi connectivity index (χ0) is 13.1. The van der Waals surface area contributed by atoms with Crippen LogP contribution in [-0.2, 0) is 6.42 Å². The van der Waals surface area contributed by atoms with Crippen LogP contribution in [0.15, 0.2) is 24.3 Å². The highest BCUT2D eigenvalue weighted by Gasteiger charge is 2.29. The van der Waals surface area contributed by atoms with E-state index >= 15 is 0 Å². The molecule has 0 radical (unpaired) electrons. The van der Waals surface area contributed by atoms with Crippen molar-refractivity contribution in [2.75, 3.05) is 0 Å². The fourth-order valence-corrected chi connectivity index (χ4v) is 1.33. The Morgan fingerprint density at radius 2 is 1.65 bits per heavy atom. The molecule has 0 aliphatic heterocycles. The fraction of sp³-hybridized carbons (Fsp3) is 0.455. The van der Waals surface area contributed by atoms with Crippen LogP contribution in [0.5, 0.6) is 0 Å². The Hall–Kier alpha value is -1.98. The summed E-state index contributed by atoms with van der Waals surface area (Å²) < 4.78 is 0. The number of hydrogen-bond donors (Lipinski definition) is 0. The molecule has 0 amide bonds. The summed E-state index contributed by atoms with van der Waals surface area (Å²) in [5, 5.41) is 21.1. The van der Waals surface area contributed by atoms with Crippen molar-refractivity contribution in [1.82, 2.24) is 0 Å². The van der Waals surface area contributed by atoms with Gasteiger partial charge in [-0.3, -0.25) is 20.2 Å². The Bertz CT molecular complexity index is 426. The standard InChI is InChI=1S/C11H14N2O4/c1-11(2,13(16)17)8-7-9-3-5-10(6-4-9)12(14)15/h3-6H,7-8H2,1-2H3. The van der Waals surface area contributed by atoms with Gasteiger partial charge in [0.1, 0.15) is 0 Å². The van der Waals surface area contributed by atoms with E-state index in [1.54, 1.807) is 26.0 Å². The summed E-state index contributed by atoms with van der Waals surface area (Å²) >= 11 is 0. The van der Waals surface area contributed by atoms with Crippen molar-refractivity contribution in [2.45, 2.75) is 32.2 Å². The fourth-order valence-electron chi connectivity index (χ4n) is 1.33. The van der Waals surface area contributed by atoms with Crippen LogP contribution in [0.2, 0.25) is 0 Å². The molecule has 0 aliphatic carbocycles. The number of nitrogens with zero attached hydrogens (tertiary/aromatic N) is 2. The maximum Gasteiger partial charge on any atom is 0.269 e. The zero-order valence-electron chi connectivity index (χ0n) is 9.75. The first-order valence-electron chi connectivity index (χ1n) is 5.21. The molecule has 0 fully saturated rings. The average molecular weight is 238 g/mol. The third-order valence-corrected chi connectivity index (χ3v) is 2.67. The van der Waals surface area contributed by atoms with E-state index in [4.69, 9.17) is 0 Å². The molecule has 0 unspecified atom stereocenters. The highest BCUT2D eigenvalue weighted by Crippen LogP contribution is 2.18. The van der Waals surface area contributed by atoms with Crippen LogP contribution in [0, 0.1) is 20.2 Å². The molecule has 0 spiro atoms. The number of benzene rings is 1. The van der Waals surface area contributed by atoms with Gasteiger partial charge in [-0.2, -0.15) is 0 Å². The molecule has 0 saturated heterocycles. The van der Waals surface area contributed by atoms with Crippen molar-refractivity contribution in [3.8, 4) is 0 Å². The Labute approximate surface area is 98.6 Å². The topological polar surface area (TPSA) is 86.3 Å². The lowest BCUT2D eigenvalue weighted by atomic mass is 9.96. The molecule has 0 atom stereocenters. The first-order chi connectivity index (χ1) is 7.83. The predicted octanol–water partition coefficient (Wildman–Crippen LogP) is 2.58. The Morgan fingerprint density at radius 1 is 1.12 bits per heavy atom. The van der Waals surface area contributed by atoms with Crippen molar-refractivity contribution in [2.24, 2.45) is 0 Å². The number of aryl methyl sites for hydroxylation is 1. The van der Waals surface area contributed by atoms with E-state index in [2.05, 4.69) is 0 Å². The molecule has 17 heavy (non-hydrogen) atoms. The van der Waals surface area contributed by atoms with Gasteiger partial charge in [-0.25, -0.2) is 0 Å². The second kappa shape index (κ2) is 4.90. The van der Waals surface area contributed by atoms with Crippen LogP contribution < -0.4 is 0 Å². The van der Waals surface area contributed by atoms with Crippen molar-refractivity contribution >= 4 is 5.69 Å². The van der Waals surface area contributed by atoms with Gasteiger partial charge in [0.15, 0.2) is 0 Å². The number of nitro benzene ring substituents is 1. The third-order valence-electron chi connectivity index (χ3n) is 2.67. The number of rotatable bonds is 5. The first-order valence-corrected chi connectivity index (χ1v) is 5.21. The van der Waals surface area contributed by atoms with Gasteiger partial charge in [-0.15, -0.1) is 0 Å². The normalized spacial score (nSPS) is 11.2. The van der Waals surface area contributed by atoms with E-state index in [-0.39, 0.29) is 10.6 Å². The summed E-state index contributed by atoms with van der Waals surface area (Å²) in [6.07, 6.45) is 0.934. The number of hydrogen-bond acceptors (Lipinski definition) is 4. The molecule has 0 bridgehead atoms. The molecule has 1 rings (SSSR count). The van der Waals surface area contributed by atoms with Crippen LogP contribution in [0.4, 0.5) is 5.69 Å². The van der Waals surface area contributed by atoms with Gasteiger partial charge < -0.3 is 0 Å². The Balaban J connectivity index is 2.65. The van der Waals surface area contributed by atoms with Crippen LogP contribution in [0.1, 0.15) is 25.8 Å². The molecule has 0 aliphatic rings. The lowest BCUT2D eigenvalue weighted by Gasteiger charge is -2.14. The molecule has 0 N–H and O–H groups in total. The van der Waals surface area contributed by atoms with Crippen molar-refractivity contribution in [1.29, 1.82) is 0 Å². The molecule has 6 nitrogen and oxygen atoms in total. The van der Waals surface area contributed by atoms with E-state index in [0.717, 1.165) is 5.56 Å². The molecule has 1 aromatic carbocycles.